The molecular weight excluding hydrogens is 266 g/mol. The van der Waals surface area contributed by atoms with Crippen LogP contribution in [0.15, 0.2) is 47.9 Å². The van der Waals surface area contributed by atoms with Crippen molar-refractivity contribution in [2.75, 3.05) is 20.2 Å². The molecular formula is C17H19NO3. The number of benzene rings is 1. The minimum atomic E-state index is -0.164. The maximum Gasteiger partial charge on any atom is 0.290 e. The van der Waals surface area contributed by atoms with Gasteiger partial charge >= 0.3 is 0 Å². The van der Waals surface area contributed by atoms with Crippen LogP contribution >= 0.6 is 0 Å². The SMILES string of the molecule is C=CCN(CC=C)C(=O)c1oc2ccc(OC)cc2c1C. The van der Waals surface area contributed by atoms with Gasteiger partial charge in [0.05, 0.1) is 7.11 Å². The molecule has 0 N–H and O–H groups in total. The fraction of sp³-hybridized carbons (Fsp3) is 0.235. The van der Waals surface area contributed by atoms with Crippen LogP contribution in [0.3, 0.4) is 0 Å². The molecule has 2 rings (SSSR count). The summed E-state index contributed by atoms with van der Waals surface area (Å²) in [7, 11) is 1.61. The van der Waals surface area contributed by atoms with E-state index in [4.69, 9.17) is 9.15 Å². The second-order valence-electron chi connectivity index (χ2n) is 4.71. The summed E-state index contributed by atoms with van der Waals surface area (Å²) < 4.78 is 10.9. The molecule has 0 bridgehead atoms. The van der Waals surface area contributed by atoms with Gasteiger partial charge < -0.3 is 14.1 Å². The number of methoxy groups -OCH3 is 1. The van der Waals surface area contributed by atoms with Crippen LogP contribution in [0, 0.1) is 6.92 Å². The molecule has 0 unspecified atom stereocenters. The molecule has 0 spiro atoms. The molecule has 21 heavy (non-hydrogen) atoms. The van der Waals surface area contributed by atoms with Gasteiger partial charge in [-0.2, -0.15) is 0 Å². The van der Waals surface area contributed by atoms with E-state index in [1.165, 1.54) is 0 Å². The van der Waals surface area contributed by atoms with E-state index in [-0.39, 0.29) is 5.91 Å². The molecule has 0 saturated carbocycles. The largest absolute Gasteiger partial charge is 0.497 e. The molecule has 0 aliphatic rings. The first-order valence-corrected chi connectivity index (χ1v) is 6.70. The number of ether oxygens (including phenoxy) is 1. The summed E-state index contributed by atoms with van der Waals surface area (Å²) in [5.74, 6) is 0.920. The van der Waals surface area contributed by atoms with Crippen molar-refractivity contribution >= 4 is 16.9 Å². The normalized spacial score (nSPS) is 10.4. The minimum absolute atomic E-state index is 0.164. The number of nitrogens with zero attached hydrogens (tertiary/aromatic N) is 1. The average molecular weight is 285 g/mol. The monoisotopic (exact) mass is 285 g/mol. The van der Waals surface area contributed by atoms with Crippen molar-refractivity contribution < 1.29 is 13.9 Å². The average Bonchev–Trinajstić information content (AvgIpc) is 2.83. The third kappa shape index (κ3) is 2.84. The second-order valence-corrected chi connectivity index (χ2v) is 4.71. The number of furan rings is 1. The Bertz CT molecular complexity index is 675. The third-order valence-electron chi connectivity index (χ3n) is 3.32. The number of hydrogen-bond donors (Lipinski definition) is 0. The van der Waals surface area contributed by atoms with Crippen molar-refractivity contribution in [3.63, 3.8) is 0 Å². The Labute approximate surface area is 124 Å². The Kier molecular flexibility index (Phi) is 4.48. The van der Waals surface area contributed by atoms with Crippen LogP contribution in [0.4, 0.5) is 0 Å². The van der Waals surface area contributed by atoms with Crippen LogP contribution in [-0.2, 0) is 0 Å². The van der Waals surface area contributed by atoms with Gasteiger partial charge in [0.15, 0.2) is 5.76 Å². The smallest absolute Gasteiger partial charge is 0.290 e. The molecule has 1 aromatic heterocycles. The van der Waals surface area contributed by atoms with Crippen LogP contribution in [0.1, 0.15) is 16.1 Å². The Balaban J connectivity index is 2.45. The van der Waals surface area contributed by atoms with Crippen LogP contribution in [-0.4, -0.2) is 31.0 Å². The molecule has 1 aromatic carbocycles. The van der Waals surface area contributed by atoms with E-state index in [1.54, 1.807) is 24.2 Å². The van der Waals surface area contributed by atoms with Crippen molar-refractivity contribution in [1.29, 1.82) is 0 Å². The van der Waals surface area contributed by atoms with Gasteiger partial charge in [0.1, 0.15) is 11.3 Å². The molecule has 2 aromatic rings. The molecule has 4 nitrogen and oxygen atoms in total. The number of rotatable bonds is 6. The number of hydrogen-bond acceptors (Lipinski definition) is 3. The predicted molar refractivity (Wildman–Crippen MR) is 83.8 cm³/mol. The fourth-order valence-corrected chi connectivity index (χ4v) is 2.23. The summed E-state index contributed by atoms with van der Waals surface area (Å²) in [4.78, 5) is 14.2. The second kappa shape index (κ2) is 6.31. The number of carbonyl (C=O) groups excluding carboxylic acids is 1. The topological polar surface area (TPSA) is 42.7 Å². The Morgan fingerprint density at radius 3 is 2.57 bits per heavy atom. The van der Waals surface area contributed by atoms with Crippen LogP contribution in [0.5, 0.6) is 5.75 Å². The zero-order valence-corrected chi connectivity index (χ0v) is 12.4. The van der Waals surface area contributed by atoms with Gasteiger partial charge in [0.25, 0.3) is 5.91 Å². The summed E-state index contributed by atoms with van der Waals surface area (Å²) >= 11 is 0. The molecule has 4 heteroatoms. The molecule has 0 fully saturated rings. The summed E-state index contributed by atoms with van der Waals surface area (Å²) in [6, 6.07) is 5.49. The highest BCUT2D eigenvalue weighted by Crippen LogP contribution is 2.29. The lowest BCUT2D eigenvalue weighted by Crippen LogP contribution is -2.31. The van der Waals surface area contributed by atoms with E-state index in [2.05, 4.69) is 13.2 Å². The summed E-state index contributed by atoms with van der Waals surface area (Å²) in [5.41, 5.74) is 1.49. The first-order valence-electron chi connectivity index (χ1n) is 6.70. The molecule has 110 valence electrons. The van der Waals surface area contributed by atoms with E-state index in [0.717, 1.165) is 16.7 Å². The minimum Gasteiger partial charge on any atom is -0.497 e. The number of fused-ring (bicyclic) bond motifs is 1. The molecule has 0 radical (unpaired) electrons. The Morgan fingerprint density at radius 2 is 2.00 bits per heavy atom. The van der Waals surface area contributed by atoms with Crippen molar-refractivity contribution in [3.8, 4) is 5.75 Å². The zero-order chi connectivity index (χ0) is 15.4. The fourth-order valence-electron chi connectivity index (χ4n) is 2.23. The van der Waals surface area contributed by atoms with Gasteiger partial charge in [0, 0.05) is 24.0 Å². The summed E-state index contributed by atoms with van der Waals surface area (Å²) in [6.07, 6.45) is 3.37. The predicted octanol–water partition coefficient (Wildman–Crippen LogP) is 3.56. The van der Waals surface area contributed by atoms with Crippen LogP contribution in [0.2, 0.25) is 0 Å². The lowest BCUT2D eigenvalue weighted by Gasteiger charge is -2.18. The van der Waals surface area contributed by atoms with Gasteiger partial charge in [-0.3, -0.25) is 4.79 Å². The molecule has 1 amide bonds. The molecule has 0 atom stereocenters. The lowest BCUT2D eigenvalue weighted by atomic mass is 10.1. The third-order valence-corrected chi connectivity index (χ3v) is 3.32. The first-order chi connectivity index (χ1) is 10.1. The van der Waals surface area contributed by atoms with Gasteiger partial charge in [-0.05, 0) is 25.1 Å². The van der Waals surface area contributed by atoms with E-state index < -0.39 is 0 Å². The maximum absolute atomic E-state index is 12.6. The zero-order valence-electron chi connectivity index (χ0n) is 12.4. The summed E-state index contributed by atoms with van der Waals surface area (Å²) in [6.45, 7) is 10.1. The molecule has 0 aliphatic heterocycles. The van der Waals surface area contributed by atoms with Gasteiger partial charge in [-0.1, -0.05) is 12.2 Å². The van der Waals surface area contributed by atoms with E-state index in [0.29, 0.717) is 24.4 Å². The highest BCUT2D eigenvalue weighted by atomic mass is 16.5. The first kappa shape index (κ1) is 14.9. The highest BCUT2D eigenvalue weighted by molar-refractivity contribution is 5.99. The molecule has 1 heterocycles. The van der Waals surface area contributed by atoms with Gasteiger partial charge in [-0.25, -0.2) is 0 Å². The van der Waals surface area contributed by atoms with Gasteiger partial charge in [-0.15, -0.1) is 13.2 Å². The van der Waals surface area contributed by atoms with E-state index >= 15 is 0 Å². The van der Waals surface area contributed by atoms with Crippen molar-refractivity contribution in [1.82, 2.24) is 4.90 Å². The van der Waals surface area contributed by atoms with Crippen molar-refractivity contribution in [2.45, 2.75) is 6.92 Å². The van der Waals surface area contributed by atoms with Crippen LogP contribution < -0.4 is 4.74 Å². The number of aryl methyl sites for hydroxylation is 1. The quantitative estimate of drug-likeness (QED) is 0.762. The van der Waals surface area contributed by atoms with Gasteiger partial charge in [0.2, 0.25) is 0 Å². The molecule has 0 saturated heterocycles. The maximum atomic E-state index is 12.6. The van der Waals surface area contributed by atoms with E-state index in [9.17, 15) is 4.79 Å². The Hall–Kier alpha value is -2.49. The summed E-state index contributed by atoms with van der Waals surface area (Å²) in [5, 5.41) is 0.884. The van der Waals surface area contributed by atoms with Crippen molar-refractivity contribution in [2.24, 2.45) is 0 Å². The molecule has 0 aliphatic carbocycles. The lowest BCUT2D eigenvalue weighted by molar-refractivity contribution is 0.0760. The Morgan fingerprint density at radius 1 is 1.33 bits per heavy atom. The standard InChI is InChI=1S/C17H19NO3/c1-5-9-18(10-6-2)17(19)16-12(3)14-11-13(20-4)7-8-15(14)21-16/h5-8,11H,1-2,9-10H2,3-4H3. The number of carbonyl (C=O) groups is 1. The van der Waals surface area contributed by atoms with E-state index in [1.807, 2.05) is 25.1 Å². The highest BCUT2D eigenvalue weighted by Gasteiger charge is 2.22. The van der Waals surface area contributed by atoms with Crippen molar-refractivity contribution in [3.05, 3.63) is 54.8 Å². The number of amides is 1. The van der Waals surface area contributed by atoms with Crippen LogP contribution in [0.25, 0.3) is 11.0 Å².